The van der Waals surface area contributed by atoms with Crippen molar-refractivity contribution >= 4 is 12.1 Å². The predicted octanol–water partition coefficient (Wildman–Crippen LogP) is 2.76. The van der Waals surface area contributed by atoms with E-state index in [-0.39, 0.29) is 5.91 Å². The molecule has 1 aromatic heterocycles. The van der Waals surface area contributed by atoms with Crippen molar-refractivity contribution in [2.45, 2.75) is 6.42 Å². The molecule has 7 nitrogen and oxygen atoms in total. The van der Waals surface area contributed by atoms with Gasteiger partial charge in [-0.15, -0.1) is 0 Å². The highest BCUT2D eigenvalue weighted by Gasteiger charge is 2.27. The zero-order valence-electron chi connectivity index (χ0n) is 14.9. The van der Waals surface area contributed by atoms with Crippen molar-refractivity contribution in [1.82, 2.24) is 15.6 Å². The number of methoxy groups -OCH3 is 2. The van der Waals surface area contributed by atoms with E-state index in [9.17, 15) is 4.79 Å². The summed E-state index contributed by atoms with van der Waals surface area (Å²) in [6.07, 6.45) is 2.23. The highest BCUT2D eigenvalue weighted by Crippen LogP contribution is 2.36. The van der Waals surface area contributed by atoms with E-state index in [0.29, 0.717) is 23.6 Å². The normalized spacial score (nSPS) is 11.9. The minimum Gasteiger partial charge on any atom is -0.493 e. The molecule has 1 heterocycles. The van der Waals surface area contributed by atoms with Gasteiger partial charge in [0.1, 0.15) is 5.69 Å². The van der Waals surface area contributed by atoms with Crippen LogP contribution in [0.2, 0.25) is 0 Å². The Morgan fingerprint density at radius 1 is 1.19 bits per heavy atom. The molecule has 27 heavy (non-hydrogen) atoms. The number of aromatic amines is 1. The maximum Gasteiger partial charge on any atom is 0.289 e. The highest BCUT2D eigenvalue weighted by atomic mass is 16.5. The van der Waals surface area contributed by atoms with Crippen molar-refractivity contribution in [1.29, 1.82) is 0 Å². The fraction of sp³-hybridized carbons (Fsp3) is 0.150. The summed E-state index contributed by atoms with van der Waals surface area (Å²) in [7, 11) is 3.14. The van der Waals surface area contributed by atoms with E-state index in [0.717, 1.165) is 22.4 Å². The number of rotatable bonds is 5. The fourth-order valence-electron chi connectivity index (χ4n) is 3.20. The van der Waals surface area contributed by atoms with Crippen LogP contribution in [0.25, 0.3) is 11.3 Å². The summed E-state index contributed by atoms with van der Waals surface area (Å²) < 4.78 is 10.5. The van der Waals surface area contributed by atoms with Gasteiger partial charge in [0.05, 0.1) is 26.1 Å². The van der Waals surface area contributed by atoms with Crippen LogP contribution in [0, 0.1) is 0 Å². The molecule has 0 unspecified atom stereocenters. The van der Waals surface area contributed by atoms with E-state index in [4.69, 9.17) is 9.47 Å². The maximum absolute atomic E-state index is 12.5. The van der Waals surface area contributed by atoms with E-state index >= 15 is 0 Å². The monoisotopic (exact) mass is 362 g/mol. The van der Waals surface area contributed by atoms with Crippen LogP contribution in [-0.2, 0) is 6.42 Å². The van der Waals surface area contributed by atoms with Crippen LogP contribution in [0.1, 0.15) is 27.2 Å². The second-order valence-corrected chi connectivity index (χ2v) is 6.07. The van der Waals surface area contributed by atoms with Gasteiger partial charge in [0.2, 0.25) is 0 Å². The first-order valence-corrected chi connectivity index (χ1v) is 8.42. The Morgan fingerprint density at radius 3 is 2.81 bits per heavy atom. The van der Waals surface area contributed by atoms with Crippen molar-refractivity contribution < 1.29 is 14.3 Å². The van der Waals surface area contributed by atoms with Crippen LogP contribution in [0.15, 0.2) is 47.6 Å². The quantitative estimate of drug-likeness (QED) is 0.422. The Morgan fingerprint density at radius 2 is 2.00 bits per heavy atom. The third kappa shape index (κ3) is 3.03. The van der Waals surface area contributed by atoms with E-state index in [2.05, 4.69) is 20.7 Å². The van der Waals surface area contributed by atoms with Crippen LogP contribution in [0.3, 0.4) is 0 Å². The van der Waals surface area contributed by atoms with Crippen molar-refractivity contribution in [2.24, 2.45) is 5.10 Å². The van der Waals surface area contributed by atoms with E-state index in [1.54, 1.807) is 32.6 Å². The molecule has 1 aliphatic carbocycles. The summed E-state index contributed by atoms with van der Waals surface area (Å²) >= 11 is 0. The van der Waals surface area contributed by atoms with Gasteiger partial charge in [0.15, 0.2) is 11.5 Å². The molecule has 136 valence electrons. The van der Waals surface area contributed by atoms with Gasteiger partial charge in [-0.05, 0) is 29.3 Å². The number of benzene rings is 2. The molecule has 0 saturated heterocycles. The molecule has 0 fully saturated rings. The molecule has 4 rings (SSSR count). The Balaban J connectivity index is 1.48. The number of carbonyl (C=O) groups excluding carboxylic acids is 1. The number of aromatic nitrogens is 2. The number of hydrogen-bond donors (Lipinski definition) is 2. The first-order chi connectivity index (χ1) is 13.2. The molecular formula is C20H18N4O3. The minimum atomic E-state index is -0.326. The van der Waals surface area contributed by atoms with E-state index in [1.165, 1.54) is 5.56 Å². The molecule has 0 aliphatic heterocycles. The molecule has 0 saturated carbocycles. The molecule has 0 atom stereocenters. The Labute approximate surface area is 156 Å². The topological polar surface area (TPSA) is 88.6 Å². The van der Waals surface area contributed by atoms with Gasteiger partial charge in [-0.3, -0.25) is 9.89 Å². The smallest absolute Gasteiger partial charge is 0.289 e. The van der Waals surface area contributed by atoms with Crippen molar-refractivity contribution in [2.75, 3.05) is 14.2 Å². The van der Waals surface area contributed by atoms with Gasteiger partial charge in [0, 0.05) is 17.5 Å². The minimum absolute atomic E-state index is 0.326. The molecule has 0 spiro atoms. The summed E-state index contributed by atoms with van der Waals surface area (Å²) in [6, 6.07) is 13.4. The molecule has 0 bridgehead atoms. The maximum atomic E-state index is 12.5. The average molecular weight is 362 g/mol. The number of fused-ring (bicyclic) bond motifs is 3. The van der Waals surface area contributed by atoms with Gasteiger partial charge in [-0.25, -0.2) is 5.43 Å². The van der Waals surface area contributed by atoms with Crippen molar-refractivity contribution in [3.8, 4) is 22.8 Å². The number of ether oxygens (including phenoxy) is 2. The molecule has 2 N–H and O–H groups in total. The molecule has 7 heteroatoms. The van der Waals surface area contributed by atoms with E-state index < -0.39 is 0 Å². The number of hydrazone groups is 1. The number of H-pyrrole nitrogens is 1. The number of hydrogen-bond acceptors (Lipinski definition) is 5. The lowest BCUT2D eigenvalue weighted by molar-refractivity contribution is 0.0949. The largest absolute Gasteiger partial charge is 0.493 e. The number of carbonyl (C=O) groups is 1. The van der Waals surface area contributed by atoms with Gasteiger partial charge in [-0.1, -0.05) is 24.3 Å². The third-order valence-corrected chi connectivity index (χ3v) is 4.52. The second-order valence-electron chi connectivity index (χ2n) is 6.07. The summed E-state index contributed by atoms with van der Waals surface area (Å²) in [4.78, 5) is 12.5. The zero-order valence-corrected chi connectivity index (χ0v) is 14.9. The van der Waals surface area contributed by atoms with Crippen LogP contribution in [-0.4, -0.2) is 36.5 Å². The van der Waals surface area contributed by atoms with Gasteiger partial charge < -0.3 is 9.47 Å². The van der Waals surface area contributed by atoms with Crippen molar-refractivity contribution in [3.63, 3.8) is 0 Å². The molecule has 3 aromatic rings. The number of nitrogens with one attached hydrogen (secondary N) is 2. The molecule has 1 amide bonds. The summed E-state index contributed by atoms with van der Waals surface area (Å²) in [5.74, 6) is 0.900. The highest BCUT2D eigenvalue weighted by molar-refractivity contribution is 5.97. The zero-order chi connectivity index (χ0) is 18.8. The van der Waals surface area contributed by atoms with Gasteiger partial charge in [0.25, 0.3) is 5.91 Å². The third-order valence-electron chi connectivity index (χ3n) is 4.52. The molecule has 1 aliphatic rings. The van der Waals surface area contributed by atoms with Crippen LogP contribution in [0.4, 0.5) is 0 Å². The molecule has 2 aromatic carbocycles. The average Bonchev–Trinajstić information content (AvgIpc) is 3.27. The van der Waals surface area contributed by atoms with Crippen LogP contribution < -0.4 is 14.9 Å². The van der Waals surface area contributed by atoms with E-state index in [1.807, 2.05) is 30.3 Å². The van der Waals surface area contributed by atoms with Gasteiger partial charge >= 0.3 is 0 Å². The summed E-state index contributed by atoms with van der Waals surface area (Å²) in [5.41, 5.74) is 7.72. The first kappa shape index (κ1) is 16.8. The Kier molecular flexibility index (Phi) is 4.33. The van der Waals surface area contributed by atoms with Gasteiger partial charge in [-0.2, -0.15) is 10.2 Å². The SMILES string of the molecule is COc1ccc(/C=N/NC(=O)c2[nH]nc3c2Cc2ccccc2-3)cc1OC. The predicted molar refractivity (Wildman–Crippen MR) is 101 cm³/mol. The summed E-state index contributed by atoms with van der Waals surface area (Å²) in [6.45, 7) is 0. The lowest BCUT2D eigenvalue weighted by Gasteiger charge is -2.07. The Hall–Kier alpha value is -3.61. The van der Waals surface area contributed by atoms with Crippen LogP contribution in [0.5, 0.6) is 11.5 Å². The number of amides is 1. The first-order valence-electron chi connectivity index (χ1n) is 8.42. The second kappa shape index (κ2) is 6.95. The fourth-order valence-corrected chi connectivity index (χ4v) is 3.20. The standard InChI is InChI=1S/C20H18N4O3/c1-26-16-8-7-12(9-17(16)27-2)11-21-24-20(25)19-15-10-13-5-3-4-6-14(13)18(15)22-23-19/h3-9,11H,10H2,1-2H3,(H,22,23)(H,24,25)/b21-11+. The Bertz CT molecular complexity index is 1040. The van der Waals surface area contributed by atoms with Crippen LogP contribution >= 0.6 is 0 Å². The number of nitrogens with zero attached hydrogens (tertiary/aromatic N) is 2. The lowest BCUT2D eigenvalue weighted by Crippen LogP contribution is -2.19. The molecular weight excluding hydrogens is 344 g/mol. The van der Waals surface area contributed by atoms with Crippen molar-refractivity contribution in [3.05, 3.63) is 64.8 Å². The summed E-state index contributed by atoms with van der Waals surface area (Å²) in [5, 5.41) is 11.2. The lowest BCUT2D eigenvalue weighted by atomic mass is 10.1. The molecule has 0 radical (unpaired) electrons.